The molecule has 6 heteroatoms. The molecule has 0 bridgehead atoms. The molecule has 1 aliphatic rings. The number of rotatable bonds is 6. The van der Waals surface area contributed by atoms with Gasteiger partial charge in [0.1, 0.15) is 18.0 Å². The SMILES string of the molecule is CCC(O)(CC)CNc1cc(N2CCOCC2)ncn1. The third-order valence-electron chi connectivity index (χ3n) is 3.90. The van der Waals surface area contributed by atoms with Crippen molar-refractivity contribution < 1.29 is 9.84 Å². The Morgan fingerprint density at radius 1 is 1.30 bits per heavy atom. The van der Waals surface area contributed by atoms with E-state index in [4.69, 9.17) is 4.74 Å². The van der Waals surface area contributed by atoms with Crippen LogP contribution in [0.3, 0.4) is 0 Å². The number of hydrogen-bond donors (Lipinski definition) is 2. The fraction of sp³-hybridized carbons (Fsp3) is 0.714. The smallest absolute Gasteiger partial charge is 0.134 e. The molecule has 2 N–H and O–H groups in total. The molecule has 0 aliphatic carbocycles. The lowest BCUT2D eigenvalue weighted by Gasteiger charge is -2.28. The first-order valence-corrected chi connectivity index (χ1v) is 7.28. The van der Waals surface area contributed by atoms with Crippen LogP contribution in [-0.2, 0) is 4.74 Å². The zero-order valence-corrected chi connectivity index (χ0v) is 12.3. The summed E-state index contributed by atoms with van der Waals surface area (Å²) in [4.78, 5) is 10.7. The summed E-state index contributed by atoms with van der Waals surface area (Å²) in [6.45, 7) is 7.65. The van der Waals surface area contributed by atoms with Crippen molar-refractivity contribution in [3.63, 3.8) is 0 Å². The van der Waals surface area contributed by atoms with Gasteiger partial charge in [-0.15, -0.1) is 0 Å². The van der Waals surface area contributed by atoms with Crippen LogP contribution in [0.15, 0.2) is 12.4 Å². The number of nitrogens with one attached hydrogen (secondary N) is 1. The minimum absolute atomic E-state index is 0.500. The number of aromatic nitrogens is 2. The average Bonchev–Trinajstić information content (AvgIpc) is 2.54. The summed E-state index contributed by atoms with van der Waals surface area (Å²) in [6.07, 6.45) is 3.00. The van der Waals surface area contributed by atoms with Crippen molar-refractivity contribution in [1.29, 1.82) is 0 Å². The first-order chi connectivity index (χ1) is 9.67. The van der Waals surface area contributed by atoms with E-state index in [1.807, 2.05) is 19.9 Å². The van der Waals surface area contributed by atoms with Gasteiger partial charge in [-0.05, 0) is 12.8 Å². The summed E-state index contributed by atoms with van der Waals surface area (Å²) in [5, 5.41) is 13.5. The molecule has 1 aromatic heterocycles. The molecule has 0 aromatic carbocycles. The molecule has 0 spiro atoms. The Kier molecular flexibility index (Phi) is 5.14. The van der Waals surface area contributed by atoms with Crippen molar-refractivity contribution in [2.24, 2.45) is 0 Å². The Balaban J connectivity index is 1.98. The molecule has 0 radical (unpaired) electrons. The van der Waals surface area contributed by atoms with Crippen LogP contribution in [0.5, 0.6) is 0 Å². The number of anilines is 2. The van der Waals surface area contributed by atoms with Gasteiger partial charge in [0.15, 0.2) is 0 Å². The summed E-state index contributed by atoms with van der Waals surface area (Å²) in [5.41, 5.74) is -0.677. The highest BCUT2D eigenvalue weighted by atomic mass is 16.5. The van der Waals surface area contributed by atoms with Crippen LogP contribution in [0, 0.1) is 0 Å². The van der Waals surface area contributed by atoms with Crippen LogP contribution in [0.25, 0.3) is 0 Å². The largest absolute Gasteiger partial charge is 0.388 e. The number of nitrogens with zero attached hydrogens (tertiary/aromatic N) is 3. The maximum absolute atomic E-state index is 10.3. The third-order valence-corrected chi connectivity index (χ3v) is 3.90. The number of morpholine rings is 1. The van der Waals surface area contributed by atoms with Gasteiger partial charge in [0.05, 0.1) is 18.8 Å². The second-order valence-electron chi connectivity index (χ2n) is 5.15. The van der Waals surface area contributed by atoms with E-state index in [-0.39, 0.29) is 0 Å². The zero-order chi connectivity index (χ0) is 14.4. The number of ether oxygens (including phenoxy) is 1. The Labute approximate surface area is 120 Å². The van der Waals surface area contributed by atoms with Crippen LogP contribution in [-0.4, -0.2) is 53.5 Å². The molecule has 0 atom stereocenters. The third kappa shape index (κ3) is 3.80. The lowest BCUT2D eigenvalue weighted by atomic mass is 9.98. The highest BCUT2D eigenvalue weighted by molar-refractivity contribution is 5.48. The fourth-order valence-corrected chi connectivity index (χ4v) is 2.16. The fourth-order valence-electron chi connectivity index (χ4n) is 2.16. The summed E-state index contributed by atoms with van der Waals surface area (Å²) < 4.78 is 5.34. The molecule has 0 unspecified atom stereocenters. The molecule has 2 heterocycles. The van der Waals surface area contributed by atoms with Crippen molar-refractivity contribution in [3.8, 4) is 0 Å². The van der Waals surface area contributed by atoms with Crippen molar-refractivity contribution in [3.05, 3.63) is 12.4 Å². The molecule has 1 aromatic rings. The summed E-state index contributed by atoms with van der Waals surface area (Å²) in [5.74, 6) is 1.66. The van der Waals surface area contributed by atoms with Gasteiger partial charge < -0.3 is 20.1 Å². The predicted molar refractivity (Wildman–Crippen MR) is 79.1 cm³/mol. The summed E-state index contributed by atoms with van der Waals surface area (Å²) in [6, 6.07) is 1.93. The van der Waals surface area contributed by atoms with Crippen LogP contribution < -0.4 is 10.2 Å². The molecule has 6 nitrogen and oxygen atoms in total. The van der Waals surface area contributed by atoms with Crippen LogP contribution in [0.4, 0.5) is 11.6 Å². The Morgan fingerprint density at radius 3 is 2.65 bits per heavy atom. The first-order valence-electron chi connectivity index (χ1n) is 7.28. The minimum atomic E-state index is -0.677. The normalized spacial score (nSPS) is 16.2. The van der Waals surface area contributed by atoms with E-state index in [1.165, 1.54) is 0 Å². The topological polar surface area (TPSA) is 70.5 Å². The van der Waals surface area contributed by atoms with E-state index in [2.05, 4.69) is 20.2 Å². The molecule has 1 aliphatic heterocycles. The van der Waals surface area contributed by atoms with Crippen LogP contribution in [0.2, 0.25) is 0 Å². The molecular weight excluding hydrogens is 256 g/mol. The molecular formula is C14H24N4O2. The number of aliphatic hydroxyl groups is 1. The van der Waals surface area contributed by atoms with Gasteiger partial charge in [-0.25, -0.2) is 9.97 Å². The van der Waals surface area contributed by atoms with Crippen molar-refractivity contribution in [1.82, 2.24) is 9.97 Å². The van der Waals surface area contributed by atoms with Gasteiger partial charge in [-0.2, -0.15) is 0 Å². The van der Waals surface area contributed by atoms with Crippen molar-refractivity contribution in [2.75, 3.05) is 43.1 Å². The van der Waals surface area contributed by atoms with Crippen molar-refractivity contribution in [2.45, 2.75) is 32.3 Å². The lowest BCUT2D eigenvalue weighted by molar-refractivity contribution is 0.0456. The standard InChI is InChI=1S/C14H24N4O2/c1-3-14(19,4-2)10-15-12-9-13(17-11-16-12)18-5-7-20-8-6-18/h9,11,19H,3-8,10H2,1-2H3,(H,15,16,17). The van der Waals surface area contributed by atoms with Gasteiger partial charge in [0.25, 0.3) is 0 Å². The maximum Gasteiger partial charge on any atom is 0.134 e. The molecule has 1 fully saturated rings. The van der Waals surface area contributed by atoms with Crippen molar-refractivity contribution >= 4 is 11.6 Å². The maximum atomic E-state index is 10.3. The summed E-state index contributed by atoms with van der Waals surface area (Å²) >= 11 is 0. The first kappa shape index (κ1) is 15.0. The van der Waals surface area contributed by atoms with E-state index in [1.54, 1.807) is 6.33 Å². The van der Waals surface area contributed by atoms with Crippen LogP contribution in [0.1, 0.15) is 26.7 Å². The minimum Gasteiger partial charge on any atom is -0.388 e. The highest BCUT2D eigenvalue weighted by Crippen LogP contribution is 2.18. The monoisotopic (exact) mass is 280 g/mol. The molecule has 0 saturated carbocycles. The highest BCUT2D eigenvalue weighted by Gasteiger charge is 2.22. The van der Waals surface area contributed by atoms with E-state index in [0.717, 1.165) is 50.8 Å². The molecule has 1 saturated heterocycles. The van der Waals surface area contributed by atoms with Gasteiger partial charge in [0, 0.05) is 25.7 Å². The van der Waals surface area contributed by atoms with Gasteiger partial charge in [-0.1, -0.05) is 13.8 Å². The predicted octanol–water partition coefficient (Wildman–Crippen LogP) is 1.28. The molecule has 20 heavy (non-hydrogen) atoms. The van der Waals surface area contributed by atoms with E-state index >= 15 is 0 Å². The zero-order valence-electron chi connectivity index (χ0n) is 12.3. The second kappa shape index (κ2) is 6.85. The average molecular weight is 280 g/mol. The quantitative estimate of drug-likeness (QED) is 0.818. The Morgan fingerprint density at radius 2 is 2.00 bits per heavy atom. The number of hydrogen-bond acceptors (Lipinski definition) is 6. The van der Waals surface area contributed by atoms with Gasteiger partial charge in [-0.3, -0.25) is 0 Å². The van der Waals surface area contributed by atoms with Gasteiger partial charge >= 0.3 is 0 Å². The van der Waals surface area contributed by atoms with E-state index < -0.39 is 5.60 Å². The van der Waals surface area contributed by atoms with E-state index in [0.29, 0.717) is 6.54 Å². The second-order valence-corrected chi connectivity index (χ2v) is 5.15. The van der Waals surface area contributed by atoms with Crippen LogP contribution >= 0.6 is 0 Å². The Hall–Kier alpha value is -1.40. The molecule has 0 amide bonds. The van der Waals surface area contributed by atoms with Gasteiger partial charge in [0.2, 0.25) is 0 Å². The molecule has 112 valence electrons. The Bertz CT molecular complexity index is 417. The molecule has 2 rings (SSSR count). The lowest BCUT2D eigenvalue weighted by Crippen LogP contribution is -2.37. The van der Waals surface area contributed by atoms with E-state index in [9.17, 15) is 5.11 Å². The summed E-state index contributed by atoms with van der Waals surface area (Å²) in [7, 11) is 0.